The van der Waals surface area contributed by atoms with Crippen LogP contribution in [0.1, 0.15) is 84.0 Å². The van der Waals surface area contributed by atoms with Gasteiger partial charge in [0.15, 0.2) is 0 Å². The Kier molecular flexibility index (Phi) is 6.56. The van der Waals surface area contributed by atoms with Gasteiger partial charge in [0.25, 0.3) is 0 Å². The van der Waals surface area contributed by atoms with E-state index in [1.54, 1.807) is 0 Å². The van der Waals surface area contributed by atoms with Crippen molar-refractivity contribution in [3.05, 3.63) is 0 Å². The van der Waals surface area contributed by atoms with Crippen LogP contribution in [-0.2, 0) is 4.79 Å². The fourth-order valence-electron chi connectivity index (χ4n) is 5.21. The van der Waals surface area contributed by atoms with Gasteiger partial charge in [0.1, 0.15) is 5.78 Å². The maximum atomic E-state index is 12.5. The van der Waals surface area contributed by atoms with Crippen molar-refractivity contribution in [1.82, 2.24) is 4.90 Å². The molecule has 0 bridgehead atoms. The Balaban J connectivity index is 1.34. The van der Waals surface area contributed by atoms with Crippen LogP contribution < -0.4 is 0 Å². The molecule has 132 valence electrons. The zero-order chi connectivity index (χ0) is 16.1. The number of carbonyl (C=O) groups is 1. The van der Waals surface area contributed by atoms with Gasteiger partial charge in [-0.05, 0) is 62.9 Å². The van der Waals surface area contributed by atoms with Gasteiger partial charge in [-0.25, -0.2) is 0 Å². The molecular formula is C21H37NO. The summed E-state index contributed by atoms with van der Waals surface area (Å²) in [5.74, 6) is 3.73. The van der Waals surface area contributed by atoms with Crippen LogP contribution in [0.25, 0.3) is 0 Å². The van der Waals surface area contributed by atoms with Crippen molar-refractivity contribution < 1.29 is 4.79 Å². The first-order valence-corrected chi connectivity index (χ1v) is 10.5. The summed E-state index contributed by atoms with van der Waals surface area (Å²) in [5.41, 5.74) is 0. The highest BCUT2D eigenvalue weighted by Crippen LogP contribution is 2.33. The summed E-state index contributed by atoms with van der Waals surface area (Å²) in [4.78, 5) is 15.0. The minimum Gasteiger partial charge on any atom is -0.298 e. The van der Waals surface area contributed by atoms with E-state index in [2.05, 4.69) is 11.8 Å². The first-order valence-electron chi connectivity index (χ1n) is 10.5. The summed E-state index contributed by atoms with van der Waals surface area (Å²) in [6.45, 7) is 5.42. The standard InChI is InChI=1S/C21H37NO/c1-17-7-9-20(10-8-17)21(23)16-22-13-11-19(12-14-22)15-18-5-3-2-4-6-18/h17-20H,2-16H2,1H3. The molecule has 2 aliphatic carbocycles. The number of Topliss-reactive ketones (excluding diaryl/α,β-unsaturated/α-hetero) is 1. The molecule has 0 aromatic heterocycles. The maximum absolute atomic E-state index is 12.5. The third kappa shape index (κ3) is 5.31. The fourth-order valence-corrected chi connectivity index (χ4v) is 5.21. The van der Waals surface area contributed by atoms with Crippen LogP contribution in [0.5, 0.6) is 0 Å². The maximum Gasteiger partial charge on any atom is 0.149 e. The Morgan fingerprint density at radius 3 is 2.09 bits per heavy atom. The lowest BCUT2D eigenvalue weighted by Gasteiger charge is -2.35. The second kappa shape index (κ2) is 8.65. The van der Waals surface area contributed by atoms with Crippen LogP contribution in [0, 0.1) is 23.7 Å². The summed E-state index contributed by atoms with van der Waals surface area (Å²) < 4.78 is 0. The molecule has 2 heteroatoms. The molecule has 0 atom stereocenters. The van der Waals surface area contributed by atoms with Crippen molar-refractivity contribution in [2.45, 2.75) is 84.0 Å². The lowest BCUT2D eigenvalue weighted by molar-refractivity contribution is -0.125. The molecular weight excluding hydrogens is 282 g/mol. The molecule has 0 spiro atoms. The average molecular weight is 320 g/mol. The molecule has 0 amide bonds. The molecule has 0 unspecified atom stereocenters. The molecule has 0 aromatic rings. The molecule has 3 rings (SSSR count). The third-order valence-corrected chi connectivity index (χ3v) is 6.95. The van der Waals surface area contributed by atoms with Crippen LogP contribution in [0.3, 0.4) is 0 Å². The van der Waals surface area contributed by atoms with E-state index in [9.17, 15) is 4.79 Å². The third-order valence-electron chi connectivity index (χ3n) is 6.95. The summed E-state index contributed by atoms with van der Waals surface area (Å²) >= 11 is 0. The van der Waals surface area contributed by atoms with Gasteiger partial charge in [-0.3, -0.25) is 9.69 Å². The summed E-state index contributed by atoms with van der Waals surface area (Å²) in [6.07, 6.45) is 16.4. The summed E-state index contributed by atoms with van der Waals surface area (Å²) in [5, 5.41) is 0. The number of carbonyl (C=O) groups excluding carboxylic acids is 1. The van der Waals surface area contributed by atoms with E-state index in [1.165, 1.54) is 77.3 Å². The minimum atomic E-state index is 0.381. The number of likely N-dealkylation sites (tertiary alicyclic amines) is 1. The van der Waals surface area contributed by atoms with E-state index < -0.39 is 0 Å². The van der Waals surface area contributed by atoms with Crippen LogP contribution in [0.15, 0.2) is 0 Å². The van der Waals surface area contributed by atoms with Crippen LogP contribution in [0.2, 0.25) is 0 Å². The second-order valence-corrected chi connectivity index (χ2v) is 8.88. The van der Waals surface area contributed by atoms with Crippen LogP contribution in [-0.4, -0.2) is 30.3 Å². The SMILES string of the molecule is CC1CCC(C(=O)CN2CCC(CC3CCCCC3)CC2)CC1. The van der Waals surface area contributed by atoms with Crippen molar-refractivity contribution in [3.63, 3.8) is 0 Å². The number of hydrogen-bond acceptors (Lipinski definition) is 2. The Morgan fingerprint density at radius 2 is 1.43 bits per heavy atom. The highest BCUT2D eigenvalue weighted by atomic mass is 16.1. The van der Waals surface area contributed by atoms with E-state index >= 15 is 0 Å². The number of ketones is 1. The van der Waals surface area contributed by atoms with E-state index in [4.69, 9.17) is 0 Å². The number of nitrogens with zero attached hydrogens (tertiary/aromatic N) is 1. The van der Waals surface area contributed by atoms with Crippen LogP contribution in [0.4, 0.5) is 0 Å². The monoisotopic (exact) mass is 319 g/mol. The lowest BCUT2D eigenvalue weighted by Crippen LogP contribution is -2.40. The van der Waals surface area contributed by atoms with Crippen molar-refractivity contribution >= 4 is 5.78 Å². The molecule has 23 heavy (non-hydrogen) atoms. The molecule has 3 fully saturated rings. The first kappa shape index (κ1) is 17.5. The molecule has 1 aliphatic heterocycles. The van der Waals surface area contributed by atoms with Gasteiger partial charge in [-0.1, -0.05) is 51.9 Å². The second-order valence-electron chi connectivity index (χ2n) is 8.88. The fraction of sp³-hybridized carbons (Fsp3) is 0.952. The van der Waals surface area contributed by atoms with E-state index in [1.807, 2.05) is 0 Å². The van der Waals surface area contributed by atoms with Crippen molar-refractivity contribution in [3.8, 4) is 0 Å². The topological polar surface area (TPSA) is 20.3 Å². The van der Waals surface area contributed by atoms with Gasteiger partial charge in [-0.2, -0.15) is 0 Å². The summed E-state index contributed by atoms with van der Waals surface area (Å²) in [7, 11) is 0. The first-order chi connectivity index (χ1) is 11.2. The van der Waals surface area contributed by atoms with E-state index in [-0.39, 0.29) is 0 Å². The van der Waals surface area contributed by atoms with Gasteiger partial charge in [0.2, 0.25) is 0 Å². The normalized spacial score (nSPS) is 32.0. The van der Waals surface area contributed by atoms with Crippen molar-refractivity contribution in [1.29, 1.82) is 0 Å². The Hall–Kier alpha value is -0.370. The molecule has 2 saturated carbocycles. The largest absolute Gasteiger partial charge is 0.298 e. The Bertz CT molecular complexity index is 358. The van der Waals surface area contributed by atoms with Crippen molar-refractivity contribution in [2.24, 2.45) is 23.7 Å². The lowest BCUT2D eigenvalue weighted by atomic mass is 9.79. The zero-order valence-electron chi connectivity index (χ0n) is 15.3. The van der Waals surface area contributed by atoms with Gasteiger partial charge in [0, 0.05) is 5.92 Å². The molecule has 0 radical (unpaired) electrons. The number of hydrogen-bond donors (Lipinski definition) is 0. The summed E-state index contributed by atoms with van der Waals surface area (Å²) in [6, 6.07) is 0. The smallest absolute Gasteiger partial charge is 0.149 e. The quantitative estimate of drug-likeness (QED) is 0.705. The van der Waals surface area contributed by atoms with Crippen LogP contribution >= 0.6 is 0 Å². The average Bonchev–Trinajstić information content (AvgIpc) is 2.58. The van der Waals surface area contributed by atoms with Gasteiger partial charge in [-0.15, -0.1) is 0 Å². The van der Waals surface area contributed by atoms with Crippen molar-refractivity contribution in [2.75, 3.05) is 19.6 Å². The molecule has 0 N–H and O–H groups in total. The van der Waals surface area contributed by atoms with E-state index in [0.717, 1.165) is 37.1 Å². The van der Waals surface area contributed by atoms with E-state index in [0.29, 0.717) is 11.7 Å². The highest BCUT2D eigenvalue weighted by molar-refractivity contribution is 5.83. The van der Waals surface area contributed by atoms with Gasteiger partial charge in [0.05, 0.1) is 6.54 Å². The Morgan fingerprint density at radius 1 is 0.826 bits per heavy atom. The highest BCUT2D eigenvalue weighted by Gasteiger charge is 2.28. The van der Waals surface area contributed by atoms with Gasteiger partial charge < -0.3 is 0 Å². The predicted molar refractivity (Wildman–Crippen MR) is 96.5 cm³/mol. The molecule has 1 heterocycles. The molecule has 0 aromatic carbocycles. The molecule has 3 aliphatic rings. The molecule has 2 nitrogen and oxygen atoms in total. The number of rotatable bonds is 5. The Labute approximate surface area is 143 Å². The van der Waals surface area contributed by atoms with Gasteiger partial charge >= 0.3 is 0 Å². The number of piperidine rings is 1. The predicted octanol–water partition coefficient (Wildman–Crippen LogP) is 5.06. The molecule has 1 saturated heterocycles. The zero-order valence-corrected chi connectivity index (χ0v) is 15.3. The minimum absolute atomic E-state index is 0.381.